The van der Waals surface area contributed by atoms with E-state index >= 15 is 0 Å². The van der Waals surface area contributed by atoms with Gasteiger partial charge in [0.25, 0.3) is 5.92 Å². The van der Waals surface area contributed by atoms with E-state index in [1.165, 1.54) is 18.4 Å². The van der Waals surface area contributed by atoms with Crippen molar-refractivity contribution in [2.45, 2.75) is 56.8 Å². The quantitative estimate of drug-likeness (QED) is 0.753. The summed E-state index contributed by atoms with van der Waals surface area (Å²) < 4.78 is 27.7. The van der Waals surface area contributed by atoms with E-state index in [2.05, 4.69) is 20.3 Å². The van der Waals surface area contributed by atoms with Crippen molar-refractivity contribution in [1.82, 2.24) is 19.9 Å². The summed E-state index contributed by atoms with van der Waals surface area (Å²) in [6.45, 7) is 2.80. The number of nitrogens with one attached hydrogen (secondary N) is 1. The fourth-order valence-corrected chi connectivity index (χ4v) is 4.58. The molecule has 0 aromatic carbocycles. The summed E-state index contributed by atoms with van der Waals surface area (Å²) in [6.07, 6.45) is 5.59. The third kappa shape index (κ3) is 4.66. The lowest BCUT2D eigenvalue weighted by atomic mass is 9.93. The topological polar surface area (TPSA) is 74.2 Å². The number of aromatic nitrogens is 3. The van der Waals surface area contributed by atoms with Crippen LogP contribution in [0.1, 0.15) is 62.1 Å². The monoisotopic (exact) mass is 442 g/mol. The summed E-state index contributed by atoms with van der Waals surface area (Å²) in [5, 5.41) is 3.28. The van der Waals surface area contributed by atoms with E-state index in [0.717, 1.165) is 18.5 Å². The molecule has 170 valence electrons. The van der Waals surface area contributed by atoms with Gasteiger partial charge < -0.3 is 15.1 Å². The molecule has 3 fully saturated rings. The lowest BCUT2D eigenvalue weighted by Gasteiger charge is -2.31. The number of piperidine rings is 1. The summed E-state index contributed by atoms with van der Waals surface area (Å²) in [7, 11) is 0. The predicted octanol–water partition coefficient (Wildman–Crippen LogP) is 4.06. The summed E-state index contributed by atoms with van der Waals surface area (Å²) in [5.74, 6) is -0.294. The van der Waals surface area contributed by atoms with Crippen LogP contribution in [0.3, 0.4) is 0 Å². The Kier molecular flexibility index (Phi) is 5.43. The Morgan fingerprint density at radius 1 is 1.06 bits per heavy atom. The molecule has 2 saturated heterocycles. The minimum absolute atomic E-state index is 0.0788. The zero-order valence-corrected chi connectivity index (χ0v) is 18.2. The summed E-state index contributed by atoms with van der Waals surface area (Å²) >= 11 is 0. The zero-order chi connectivity index (χ0) is 22.3. The van der Waals surface area contributed by atoms with Crippen molar-refractivity contribution < 1.29 is 13.6 Å². The van der Waals surface area contributed by atoms with Gasteiger partial charge in [-0.1, -0.05) is 0 Å². The van der Waals surface area contributed by atoms with Gasteiger partial charge in [-0.15, -0.1) is 0 Å². The molecule has 1 N–H and O–H groups in total. The average molecular weight is 443 g/mol. The van der Waals surface area contributed by atoms with Crippen molar-refractivity contribution in [3.8, 4) is 0 Å². The van der Waals surface area contributed by atoms with E-state index in [1.807, 2.05) is 23.1 Å². The number of carbonyl (C=O) groups is 1. The number of nitrogens with zero attached hydrogens (tertiary/aromatic N) is 5. The first-order chi connectivity index (χ1) is 15.4. The number of halogens is 2. The Morgan fingerprint density at radius 2 is 1.84 bits per heavy atom. The Morgan fingerprint density at radius 3 is 2.50 bits per heavy atom. The second kappa shape index (κ2) is 8.26. The maximum atomic E-state index is 13.9. The molecule has 0 unspecified atom stereocenters. The highest BCUT2D eigenvalue weighted by atomic mass is 19.3. The van der Waals surface area contributed by atoms with Crippen LogP contribution in [0, 0.1) is 0 Å². The van der Waals surface area contributed by atoms with Gasteiger partial charge in [-0.25, -0.2) is 18.7 Å². The van der Waals surface area contributed by atoms with Crippen LogP contribution in [0.2, 0.25) is 0 Å². The van der Waals surface area contributed by atoms with E-state index < -0.39 is 5.92 Å². The van der Waals surface area contributed by atoms with Crippen molar-refractivity contribution in [3.05, 3.63) is 35.7 Å². The maximum absolute atomic E-state index is 13.9. The summed E-state index contributed by atoms with van der Waals surface area (Å²) in [4.78, 5) is 28.8. The van der Waals surface area contributed by atoms with E-state index in [-0.39, 0.29) is 31.3 Å². The molecule has 7 nitrogen and oxygen atoms in total. The van der Waals surface area contributed by atoms with Gasteiger partial charge in [-0.05, 0) is 49.3 Å². The number of alkyl halides is 2. The van der Waals surface area contributed by atoms with Crippen molar-refractivity contribution >= 4 is 23.5 Å². The van der Waals surface area contributed by atoms with E-state index in [0.29, 0.717) is 36.6 Å². The number of rotatable bonds is 5. The first-order valence-electron chi connectivity index (χ1n) is 11.4. The smallest absolute Gasteiger partial charge is 0.267 e. The molecule has 5 rings (SSSR count). The van der Waals surface area contributed by atoms with Gasteiger partial charge >= 0.3 is 0 Å². The zero-order valence-electron chi connectivity index (χ0n) is 18.2. The average Bonchev–Trinajstić information content (AvgIpc) is 3.56. The molecule has 4 heterocycles. The van der Waals surface area contributed by atoms with Gasteiger partial charge in [0.1, 0.15) is 11.6 Å². The predicted molar refractivity (Wildman–Crippen MR) is 118 cm³/mol. The van der Waals surface area contributed by atoms with Gasteiger partial charge in [0.2, 0.25) is 11.9 Å². The number of pyridine rings is 1. The van der Waals surface area contributed by atoms with Crippen molar-refractivity contribution in [3.63, 3.8) is 0 Å². The number of anilines is 3. The molecule has 0 atom stereocenters. The fraction of sp³-hybridized carbons (Fsp3) is 0.565. The molecule has 9 heteroatoms. The fourth-order valence-electron chi connectivity index (χ4n) is 4.58. The van der Waals surface area contributed by atoms with Crippen molar-refractivity contribution in [2.75, 3.05) is 36.4 Å². The SMILES string of the molecule is CC(=O)N1CCC(c2cc(Nc3cc(C4CC4)ccn3)nc(N3CCC(F)(F)C3)n2)CC1. The number of hydrogen-bond donors (Lipinski definition) is 1. The summed E-state index contributed by atoms with van der Waals surface area (Å²) in [6, 6.07) is 5.97. The minimum atomic E-state index is -2.72. The molecule has 1 aliphatic carbocycles. The second-order valence-corrected chi connectivity index (χ2v) is 9.16. The first-order valence-corrected chi connectivity index (χ1v) is 11.4. The molecule has 0 bridgehead atoms. The van der Waals surface area contributed by atoms with Crippen LogP contribution in [0.25, 0.3) is 0 Å². The highest BCUT2D eigenvalue weighted by molar-refractivity contribution is 5.73. The Hall–Kier alpha value is -2.84. The van der Waals surface area contributed by atoms with Crippen LogP contribution in [-0.4, -0.2) is 57.9 Å². The highest BCUT2D eigenvalue weighted by Gasteiger charge is 2.39. The Balaban J connectivity index is 1.42. The van der Waals surface area contributed by atoms with Crippen LogP contribution < -0.4 is 10.2 Å². The molecule has 0 spiro atoms. The molecule has 1 saturated carbocycles. The van der Waals surface area contributed by atoms with E-state index in [9.17, 15) is 13.6 Å². The van der Waals surface area contributed by atoms with Gasteiger partial charge in [0.15, 0.2) is 0 Å². The lowest BCUT2D eigenvalue weighted by Crippen LogP contribution is -2.36. The standard InChI is InChI=1S/C23H28F2N6O/c1-15(32)30-9-5-17(6-10-30)19-13-21(28-20-12-18(4-8-26-20)16-2-3-16)29-22(27-19)31-11-7-23(24,25)14-31/h4,8,12-13,16-17H,2-3,5-7,9-11,14H2,1H3,(H,26,27,28,29). The third-order valence-corrected chi connectivity index (χ3v) is 6.63. The van der Waals surface area contributed by atoms with Gasteiger partial charge in [-0.3, -0.25) is 4.79 Å². The maximum Gasteiger partial charge on any atom is 0.267 e. The second-order valence-electron chi connectivity index (χ2n) is 9.16. The lowest BCUT2D eigenvalue weighted by molar-refractivity contribution is -0.129. The van der Waals surface area contributed by atoms with Gasteiger partial charge in [0.05, 0.1) is 12.2 Å². The molecule has 2 aromatic rings. The Bertz CT molecular complexity index is 1000. The van der Waals surface area contributed by atoms with Gasteiger partial charge in [0, 0.05) is 51.2 Å². The molecule has 2 aromatic heterocycles. The number of carbonyl (C=O) groups excluding carboxylic acids is 1. The number of amides is 1. The van der Waals surface area contributed by atoms with Crippen LogP contribution in [0.4, 0.5) is 26.4 Å². The molecular formula is C23H28F2N6O. The third-order valence-electron chi connectivity index (χ3n) is 6.63. The highest BCUT2D eigenvalue weighted by Crippen LogP contribution is 2.40. The Labute approximate surface area is 186 Å². The van der Waals surface area contributed by atoms with E-state index in [4.69, 9.17) is 0 Å². The van der Waals surface area contributed by atoms with Crippen LogP contribution in [-0.2, 0) is 4.79 Å². The first kappa shape index (κ1) is 21.0. The molecule has 1 amide bonds. The van der Waals surface area contributed by atoms with Crippen molar-refractivity contribution in [1.29, 1.82) is 0 Å². The molecule has 3 aliphatic rings. The molecule has 32 heavy (non-hydrogen) atoms. The van der Waals surface area contributed by atoms with Crippen molar-refractivity contribution in [2.24, 2.45) is 0 Å². The normalized spacial score (nSPS) is 21.1. The van der Waals surface area contributed by atoms with Gasteiger partial charge in [-0.2, -0.15) is 4.98 Å². The van der Waals surface area contributed by atoms with Crippen LogP contribution in [0.15, 0.2) is 24.4 Å². The van der Waals surface area contributed by atoms with Crippen LogP contribution in [0.5, 0.6) is 0 Å². The minimum Gasteiger partial charge on any atom is -0.343 e. The number of hydrogen-bond acceptors (Lipinski definition) is 6. The van der Waals surface area contributed by atoms with Crippen LogP contribution >= 0.6 is 0 Å². The van der Waals surface area contributed by atoms with E-state index in [1.54, 1.807) is 18.0 Å². The molecule has 0 radical (unpaired) electrons. The summed E-state index contributed by atoms with van der Waals surface area (Å²) in [5.41, 5.74) is 2.09. The largest absolute Gasteiger partial charge is 0.343 e. The molecule has 2 aliphatic heterocycles. The number of likely N-dealkylation sites (tertiary alicyclic amines) is 1. The molecular weight excluding hydrogens is 414 g/mol.